The maximum Gasteiger partial charge on any atom is 0.255 e. The highest BCUT2D eigenvalue weighted by molar-refractivity contribution is 7.92. The predicted molar refractivity (Wildman–Crippen MR) is 84.9 cm³/mol. The first kappa shape index (κ1) is 15.6. The van der Waals surface area contributed by atoms with Crippen LogP contribution in [0.15, 0.2) is 47.6 Å². The molecule has 7 heteroatoms. The summed E-state index contributed by atoms with van der Waals surface area (Å²) in [4.78, 5) is 16.4. The van der Waals surface area contributed by atoms with Gasteiger partial charge in [0.05, 0.1) is 4.90 Å². The maximum atomic E-state index is 12.5. The number of anilines is 1. The molecule has 3 rings (SSSR count). The smallest absolute Gasteiger partial charge is 0.255 e. The van der Waals surface area contributed by atoms with Gasteiger partial charge in [0.2, 0.25) is 9.84 Å². The van der Waals surface area contributed by atoms with Crippen molar-refractivity contribution in [3.63, 3.8) is 0 Å². The second kappa shape index (κ2) is 6.10. The molecule has 0 radical (unpaired) electrons. The Hall–Kier alpha value is -2.25. The van der Waals surface area contributed by atoms with E-state index in [9.17, 15) is 13.2 Å². The quantitative estimate of drug-likeness (QED) is 0.929. The lowest BCUT2D eigenvalue weighted by Crippen LogP contribution is -2.29. The number of hydrogen-bond donors (Lipinski definition) is 1. The van der Waals surface area contributed by atoms with Crippen LogP contribution in [0.3, 0.4) is 0 Å². The lowest BCUT2D eigenvalue weighted by atomic mass is 10.1. The van der Waals surface area contributed by atoms with Crippen LogP contribution in [0.25, 0.3) is 0 Å². The second-order valence-corrected chi connectivity index (χ2v) is 7.32. The molecule has 1 unspecified atom stereocenters. The summed E-state index contributed by atoms with van der Waals surface area (Å²) in [6, 6.07) is 8.08. The number of sulfone groups is 1. The van der Waals surface area contributed by atoms with Crippen LogP contribution in [-0.2, 0) is 21.0 Å². The molecular formula is C16H16N2O4S. The van der Waals surface area contributed by atoms with Crippen LogP contribution in [0.2, 0.25) is 0 Å². The van der Waals surface area contributed by atoms with Crippen molar-refractivity contribution < 1.29 is 17.9 Å². The van der Waals surface area contributed by atoms with Crippen molar-refractivity contribution in [3.05, 3.63) is 53.9 Å². The van der Waals surface area contributed by atoms with Gasteiger partial charge in [0.25, 0.3) is 5.91 Å². The lowest BCUT2D eigenvalue weighted by Gasteiger charge is -2.24. The summed E-state index contributed by atoms with van der Waals surface area (Å²) in [6.45, 7) is 0. The molecule has 0 aliphatic carbocycles. The molecule has 2 heterocycles. The molecule has 0 saturated heterocycles. The molecule has 1 aliphatic heterocycles. The molecule has 0 fully saturated rings. The minimum Gasteiger partial charge on any atom is -0.365 e. The van der Waals surface area contributed by atoms with E-state index in [0.29, 0.717) is 24.1 Å². The SMILES string of the molecule is COC1CCc2ccc(C(=O)Nc3ccncc3)cc2S1(=O)=O. The standard InChI is InChI=1S/C16H16N2O4S/c1-22-15-5-4-11-2-3-12(10-14(11)23(15,20)21)16(19)18-13-6-8-17-9-7-13/h2-3,6-10,15H,4-5H2,1H3,(H,17,18,19). The molecule has 1 aliphatic rings. The highest BCUT2D eigenvalue weighted by Crippen LogP contribution is 2.31. The number of hydrogen-bond acceptors (Lipinski definition) is 5. The molecular weight excluding hydrogens is 316 g/mol. The summed E-state index contributed by atoms with van der Waals surface area (Å²) in [5.41, 5.74) is 0.758. The van der Waals surface area contributed by atoms with E-state index < -0.39 is 15.3 Å². The summed E-state index contributed by atoms with van der Waals surface area (Å²) in [5.74, 6) is -0.367. The molecule has 0 bridgehead atoms. The molecule has 1 aromatic heterocycles. The van der Waals surface area contributed by atoms with E-state index in [2.05, 4.69) is 10.3 Å². The van der Waals surface area contributed by atoms with Crippen LogP contribution in [0, 0.1) is 0 Å². The third kappa shape index (κ3) is 2.97. The van der Waals surface area contributed by atoms with Crippen LogP contribution in [0.4, 0.5) is 5.69 Å². The Morgan fingerprint density at radius 3 is 2.70 bits per heavy atom. The van der Waals surface area contributed by atoms with Crippen molar-refractivity contribution in [1.29, 1.82) is 0 Å². The number of rotatable bonds is 3. The topological polar surface area (TPSA) is 85.4 Å². The van der Waals surface area contributed by atoms with Crippen LogP contribution in [-0.4, -0.2) is 31.9 Å². The maximum absolute atomic E-state index is 12.5. The molecule has 0 spiro atoms. The zero-order valence-electron chi connectivity index (χ0n) is 12.5. The minimum absolute atomic E-state index is 0.179. The number of carbonyl (C=O) groups is 1. The largest absolute Gasteiger partial charge is 0.365 e. The normalized spacial score (nSPS) is 18.9. The Bertz CT molecular complexity index is 834. The monoisotopic (exact) mass is 332 g/mol. The van der Waals surface area contributed by atoms with Gasteiger partial charge in [0.1, 0.15) is 0 Å². The summed E-state index contributed by atoms with van der Waals surface area (Å²) in [6.07, 6.45) is 4.17. The Morgan fingerprint density at radius 2 is 2.00 bits per heavy atom. The number of carbonyl (C=O) groups excluding carboxylic acids is 1. The molecule has 0 saturated carbocycles. The first-order valence-corrected chi connectivity index (χ1v) is 8.68. The summed E-state index contributed by atoms with van der Waals surface area (Å²) in [5, 5.41) is 2.71. The molecule has 1 N–H and O–H groups in total. The number of methoxy groups -OCH3 is 1. The molecule has 1 aromatic carbocycles. The fourth-order valence-electron chi connectivity index (χ4n) is 2.62. The van der Waals surface area contributed by atoms with Gasteiger partial charge in [-0.25, -0.2) is 8.42 Å². The van der Waals surface area contributed by atoms with E-state index in [-0.39, 0.29) is 10.8 Å². The van der Waals surface area contributed by atoms with E-state index in [1.165, 1.54) is 13.2 Å². The number of aryl methyl sites for hydroxylation is 1. The first-order valence-electron chi connectivity index (χ1n) is 7.13. The van der Waals surface area contributed by atoms with Gasteiger partial charge in [-0.2, -0.15) is 0 Å². The van der Waals surface area contributed by atoms with E-state index in [0.717, 1.165) is 5.56 Å². The van der Waals surface area contributed by atoms with E-state index in [1.807, 2.05) is 0 Å². The van der Waals surface area contributed by atoms with Gasteiger partial charge in [-0.3, -0.25) is 9.78 Å². The van der Waals surface area contributed by atoms with Gasteiger partial charge in [-0.15, -0.1) is 0 Å². The number of amides is 1. The van der Waals surface area contributed by atoms with Gasteiger partial charge in [-0.1, -0.05) is 6.07 Å². The Kier molecular flexibility index (Phi) is 4.14. The predicted octanol–water partition coefficient (Wildman–Crippen LogP) is 2.03. The van der Waals surface area contributed by atoms with Crippen LogP contribution < -0.4 is 5.32 Å². The van der Waals surface area contributed by atoms with Crippen molar-refractivity contribution >= 4 is 21.4 Å². The van der Waals surface area contributed by atoms with Gasteiger partial charge in [0, 0.05) is 30.8 Å². The molecule has 1 amide bonds. The van der Waals surface area contributed by atoms with Crippen molar-refractivity contribution in [2.45, 2.75) is 23.2 Å². The number of benzene rings is 1. The molecule has 2 aromatic rings. The minimum atomic E-state index is -3.57. The third-order valence-electron chi connectivity index (χ3n) is 3.83. The number of aromatic nitrogens is 1. The van der Waals surface area contributed by atoms with Gasteiger partial charge in [-0.05, 0) is 42.7 Å². The second-order valence-electron chi connectivity index (χ2n) is 5.26. The number of nitrogens with one attached hydrogen (secondary N) is 1. The van der Waals surface area contributed by atoms with Gasteiger partial charge >= 0.3 is 0 Å². The number of ether oxygens (including phenoxy) is 1. The fourth-order valence-corrected chi connectivity index (χ4v) is 4.41. The Balaban J connectivity index is 1.93. The van der Waals surface area contributed by atoms with Crippen LogP contribution in [0.5, 0.6) is 0 Å². The van der Waals surface area contributed by atoms with Crippen molar-refractivity contribution in [2.75, 3.05) is 12.4 Å². The molecule has 120 valence electrons. The fraction of sp³-hybridized carbons (Fsp3) is 0.250. The van der Waals surface area contributed by atoms with E-state index in [4.69, 9.17) is 4.74 Å². The number of fused-ring (bicyclic) bond motifs is 1. The molecule has 1 atom stereocenters. The van der Waals surface area contributed by atoms with Crippen molar-refractivity contribution in [1.82, 2.24) is 4.98 Å². The highest BCUT2D eigenvalue weighted by atomic mass is 32.2. The summed E-state index contributed by atoms with van der Waals surface area (Å²) >= 11 is 0. The van der Waals surface area contributed by atoms with Crippen molar-refractivity contribution in [2.24, 2.45) is 0 Å². The molecule has 6 nitrogen and oxygen atoms in total. The van der Waals surface area contributed by atoms with E-state index in [1.54, 1.807) is 36.7 Å². The third-order valence-corrected chi connectivity index (χ3v) is 5.95. The zero-order chi connectivity index (χ0) is 16.4. The number of pyridine rings is 1. The van der Waals surface area contributed by atoms with E-state index >= 15 is 0 Å². The van der Waals surface area contributed by atoms with Crippen molar-refractivity contribution in [3.8, 4) is 0 Å². The average Bonchev–Trinajstić information content (AvgIpc) is 2.55. The van der Waals surface area contributed by atoms with Crippen LogP contribution in [0.1, 0.15) is 22.3 Å². The van der Waals surface area contributed by atoms with Crippen LogP contribution >= 0.6 is 0 Å². The van der Waals surface area contributed by atoms with Gasteiger partial charge < -0.3 is 10.1 Å². The number of nitrogens with zero attached hydrogens (tertiary/aromatic N) is 1. The summed E-state index contributed by atoms with van der Waals surface area (Å²) in [7, 11) is -2.19. The zero-order valence-corrected chi connectivity index (χ0v) is 13.3. The Labute approximate surface area is 134 Å². The van der Waals surface area contributed by atoms with Gasteiger partial charge in [0.15, 0.2) is 5.44 Å². The summed E-state index contributed by atoms with van der Waals surface area (Å²) < 4.78 is 30.1. The highest BCUT2D eigenvalue weighted by Gasteiger charge is 2.34. The molecule has 23 heavy (non-hydrogen) atoms. The first-order chi connectivity index (χ1) is 11.0. The Morgan fingerprint density at radius 1 is 1.26 bits per heavy atom. The lowest BCUT2D eigenvalue weighted by molar-refractivity contribution is 0.102. The average molecular weight is 332 g/mol.